The summed E-state index contributed by atoms with van der Waals surface area (Å²) in [5.74, 6) is -2.52. The topological polar surface area (TPSA) is 310 Å². The van der Waals surface area contributed by atoms with Crippen LogP contribution in [0, 0.1) is 5.92 Å². The number of amides is 2. The largest absolute Gasteiger partial charge is 0.493 e. The summed E-state index contributed by atoms with van der Waals surface area (Å²) in [6, 6.07) is 23.7. The first-order chi connectivity index (χ1) is 30.6. The van der Waals surface area contributed by atoms with Crippen LogP contribution in [0.3, 0.4) is 0 Å². The molecule has 3 unspecified atom stereocenters. The van der Waals surface area contributed by atoms with Crippen molar-refractivity contribution in [1.29, 1.82) is 0 Å². The van der Waals surface area contributed by atoms with Gasteiger partial charge < -0.3 is 51.4 Å². The van der Waals surface area contributed by atoms with Crippen LogP contribution in [0.1, 0.15) is 55.5 Å². The second-order valence-electron chi connectivity index (χ2n) is 15.3. The van der Waals surface area contributed by atoms with Gasteiger partial charge in [0.1, 0.15) is 49.4 Å². The van der Waals surface area contributed by atoms with Crippen LogP contribution in [0.4, 0.5) is 10.6 Å². The van der Waals surface area contributed by atoms with E-state index < -0.39 is 80.7 Å². The average molecular weight is 907 g/mol. The van der Waals surface area contributed by atoms with Crippen LogP contribution < -0.4 is 33.3 Å². The molecule has 21 nitrogen and oxygen atoms in total. The third-order valence-electron chi connectivity index (χ3n) is 10.5. The highest BCUT2D eigenvalue weighted by Gasteiger charge is 2.45. The van der Waals surface area contributed by atoms with Gasteiger partial charge in [0.15, 0.2) is 6.23 Å². The highest BCUT2D eigenvalue weighted by molar-refractivity contribution is 7.47. The molecule has 3 aromatic carbocycles. The lowest BCUT2D eigenvalue weighted by molar-refractivity contribution is -0.150. The van der Waals surface area contributed by atoms with Gasteiger partial charge in [-0.15, -0.1) is 0 Å². The molecule has 2 heterocycles. The molecule has 1 aliphatic heterocycles. The molecule has 1 aromatic heterocycles. The predicted octanol–water partition coefficient (Wildman–Crippen LogP) is 1.97. The second-order valence-corrected chi connectivity index (χ2v) is 16.7. The van der Waals surface area contributed by atoms with Crippen molar-refractivity contribution in [3.63, 3.8) is 0 Å². The Kier molecular flexibility index (Phi) is 15.9. The number of hydroxylamine groups is 1. The Balaban J connectivity index is 1.03. The van der Waals surface area contributed by atoms with Gasteiger partial charge in [-0.25, -0.2) is 24.4 Å². The summed E-state index contributed by atoms with van der Waals surface area (Å²) in [5.41, 5.74) is 17.3. The summed E-state index contributed by atoms with van der Waals surface area (Å²) in [6.07, 6.45) is -5.61. The van der Waals surface area contributed by atoms with Gasteiger partial charge in [-0.3, -0.25) is 18.9 Å². The molecule has 7 atom stereocenters. The summed E-state index contributed by atoms with van der Waals surface area (Å²) in [7, 11) is -4.93. The molecule has 64 heavy (non-hydrogen) atoms. The second kappa shape index (κ2) is 21.5. The van der Waals surface area contributed by atoms with Crippen molar-refractivity contribution in [2.24, 2.45) is 16.6 Å². The number of anilines is 1. The van der Waals surface area contributed by atoms with Gasteiger partial charge in [-0.2, -0.15) is 9.61 Å². The lowest BCUT2D eigenvalue weighted by Crippen LogP contribution is -2.53. The molecule has 6 rings (SSSR count). The molecule has 0 bridgehead atoms. The minimum absolute atomic E-state index is 0.00923. The molecule has 4 aromatic rings. The van der Waals surface area contributed by atoms with E-state index in [4.69, 9.17) is 34.8 Å². The molecule has 1 saturated heterocycles. The van der Waals surface area contributed by atoms with E-state index in [1.165, 1.54) is 12.3 Å². The monoisotopic (exact) mass is 906 g/mol. The van der Waals surface area contributed by atoms with Crippen molar-refractivity contribution < 1.29 is 57.4 Å². The Morgan fingerprint density at radius 1 is 0.922 bits per heavy atom. The highest BCUT2D eigenvalue weighted by Crippen LogP contribution is 2.45. The van der Waals surface area contributed by atoms with Gasteiger partial charge in [-0.1, -0.05) is 92.7 Å². The van der Waals surface area contributed by atoms with Crippen molar-refractivity contribution >= 4 is 37.6 Å². The fraction of sp³-hybridized carbons (Fsp3) is 0.381. The number of aliphatic hydroxyl groups excluding tert-OH is 2. The van der Waals surface area contributed by atoms with Crippen LogP contribution in [0.25, 0.3) is 11.1 Å². The number of guanidine groups is 1. The zero-order valence-corrected chi connectivity index (χ0v) is 35.8. The van der Waals surface area contributed by atoms with Crippen LogP contribution in [-0.2, 0) is 44.1 Å². The number of alkyl carbamates (subject to hydrolysis) is 1. The van der Waals surface area contributed by atoms with Gasteiger partial charge in [0.05, 0.1) is 6.61 Å². The van der Waals surface area contributed by atoms with E-state index in [-0.39, 0.29) is 50.3 Å². The maximum Gasteiger partial charge on any atom is 0.493 e. The molecule has 1 aliphatic carbocycles. The van der Waals surface area contributed by atoms with Crippen molar-refractivity contribution in [2.75, 3.05) is 25.5 Å². The molecular formula is C42H51N8O13P. The van der Waals surface area contributed by atoms with E-state index >= 15 is 0 Å². The van der Waals surface area contributed by atoms with Crippen molar-refractivity contribution in [3.8, 4) is 11.1 Å². The summed E-state index contributed by atoms with van der Waals surface area (Å²) >= 11 is 0. The summed E-state index contributed by atoms with van der Waals surface area (Å²) in [6.45, 7) is 2.61. The zero-order chi connectivity index (χ0) is 46.0. The van der Waals surface area contributed by atoms with Gasteiger partial charge >= 0.3 is 25.6 Å². The summed E-state index contributed by atoms with van der Waals surface area (Å²) in [5, 5.41) is 26.2. The fourth-order valence-corrected chi connectivity index (χ4v) is 7.76. The summed E-state index contributed by atoms with van der Waals surface area (Å²) < 4.78 is 39.8. The number of carbonyl (C=O) groups excluding carboxylic acids is 3. The molecule has 10 N–H and O–H groups in total. The number of nitrogens with two attached hydrogens (primary N) is 2. The summed E-state index contributed by atoms with van der Waals surface area (Å²) in [4.78, 5) is 70.3. The number of carbonyl (C=O) groups is 3. The third-order valence-corrected chi connectivity index (χ3v) is 11.3. The van der Waals surface area contributed by atoms with Gasteiger partial charge in [0.25, 0.3) is 0 Å². The van der Waals surface area contributed by atoms with E-state index in [2.05, 4.69) is 20.6 Å². The number of aliphatic imine (C=N–C) groups is 1. The molecule has 0 radical (unpaired) electrons. The SMILES string of the molecule is CC(C)C(NC(=O)C(CCCN=C(N)NOP(=O)(O)OC[C@H]1O[C@@H](n2ccc(N)nc2=O)[C@H](O)[C@@H]1O)NC(=O)OCC1c2ccccc2-c2ccccc21)C(=O)OCc1ccccc1. The predicted molar refractivity (Wildman–Crippen MR) is 230 cm³/mol. The molecule has 0 spiro atoms. The molecule has 2 amide bonds. The average Bonchev–Trinajstić information content (AvgIpc) is 3.75. The number of phosphoric acid groups is 1. The molecule has 1 fully saturated rings. The van der Waals surface area contributed by atoms with Crippen molar-refractivity contribution in [1.82, 2.24) is 25.7 Å². The van der Waals surface area contributed by atoms with Crippen molar-refractivity contribution in [2.45, 2.75) is 75.8 Å². The Morgan fingerprint density at radius 2 is 1.58 bits per heavy atom. The Hall–Kier alpha value is -6.19. The number of aromatic nitrogens is 2. The number of aliphatic hydroxyl groups is 2. The maximum absolute atomic E-state index is 13.8. The quantitative estimate of drug-likeness (QED) is 0.0167. The number of rotatable bonds is 19. The fourth-order valence-electron chi connectivity index (χ4n) is 7.16. The molecule has 22 heteroatoms. The number of hydrogen-bond donors (Lipinski definition) is 8. The Bertz CT molecular complexity index is 2360. The van der Waals surface area contributed by atoms with Crippen LogP contribution in [-0.4, -0.2) is 98.7 Å². The number of fused-ring (bicyclic) bond motifs is 3. The lowest BCUT2D eigenvalue weighted by atomic mass is 9.98. The molecule has 342 valence electrons. The normalized spacial score (nSPS) is 20.1. The molecular weight excluding hydrogens is 855 g/mol. The zero-order valence-electron chi connectivity index (χ0n) is 34.9. The van der Waals surface area contributed by atoms with Gasteiger partial charge in [0, 0.05) is 18.7 Å². The van der Waals surface area contributed by atoms with E-state index in [9.17, 15) is 38.8 Å². The molecule has 0 saturated carbocycles. The third kappa shape index (κ3) is 12.1. The van der Waals surface area contributed by atoms with E-state index in [0.717, 1.165) is 32.4 Å². The van der Waals surface area contributed by atoms with Gasteiger partial charge in [0.2, 0.25) is 11.9 Å². The Morgan fingerprint density at radius 3 is 2.23 bits per heavy atom. The standard InChI is InChI=1S/C42H51N8O13P/c1-24(2)34(39(54)59-21-25-11-4-3-5-12-25)48-37(53)31(46-42(56)60-22-30-28-15-8-6-13-26(28)27-14-7-9-16-29(27)30)17-10-19-45-40(44)49-63-64(57,58)61-23-32-35(51)36(52)38(62-32)50-20-18-33(43)47-41(50)55/h3-9,11-16,18,20,24,30-32,34-36,38,51-52H,10,17,19,21-23H2,1-2H3,(H,46,56)(H,48,53)(H,57,58)(H2,43,47,55)(H3,44,45,49)/t31?,32-,34?,35-,36-,38-/m1/s1. The lowest BCUT2D eigenvalue weighted by Gasteiger charge is -2.25. The van der Waals surface area contributed by atoms with E-state index in [1.807, 2.05) is 72.2 Å². The number of benzene rings is 3. The van der Waals surface area contributed by atoms with Gasteiger partial charge in [-0.05, 0) is 52.6 Å². The smallest absolute Gasteiger partial charge is 0.459 e. The number of nitrogens with zero attached hydrogens (tertiary/aromatic N) is 3. The Labute approximate surface area is 367 Å². The van der Waals surface area contributed by atoms with Crippen LogP contribution in [0.15, 0.2) is 101 Å². The number of esters is 1. The van der Waals surface area contributed by atoms with Crippen molar-refractivity contribution in [3.05, 3.63) is 118 Å². The first-order valence-corrected chi connectivity index (χ1v) is 21.8. The first kappa shape index (κ1) is 47.3. The van der Waals surface area contributed by atoms with Crippen LogP contribution in [0.5, 0.6) is 0 Å². The van der Waals surface area contributed by atoms with Crippen LogP contribution >= 0.6 is 7.82 Å². The number of hydrogen-bond acceptors (Lipinski definition) is 15. The highest BCUT2D eigenvalue weighted by atomic mass is 31.2. The molecule has 2 aliphatic rings. The number of nitrogen functional groups attached to an aromatic ring is 1. The van der Waals surface area contributed by atoms with Crippen LogP contribution in [0.2, 0.25) is 0 Å². The number of phosphoric ester groups is 1. The first-order valence-electron chi connectivity index (χ1n) is 20.3. The van der Waals surface area contributed by atoms with E-state index in [1.54, 1.807) is 26.0 Å². The minimum atomic E-state index is -4.93. The number of ether oxygens (including phenoxy) is 3. The minimum Gasteiger partial charge on any atom is -0.459 e. The maximum atomic E-state index is 13.8. The van der Waals surface area contributed by atoms with E-state index in [0.29, 0.717) is 0 Å². The number of nitrogens with one attached hydrogen (secondary N) is 3.